The molecule has 0 aliphatic rings. The molecule has 2 heteroatoms. The van der Waals surface area contributed by atoms with Crippen LogP contribution in [0.1, 0.15) is 28.5 Å². The van der Waals surface area contributed by atoms with Crippen LogP contribution >= 0.6 is 0 Å². The zero-order valence-electron chi connectivity index (χ0n) is 9.51. The van der Waals surface area contributed by atoms with E-state index in [4.69, 9.17) is 0 Å². The van der Waals surface area contributed by atoms with Gasteiger partial charge in [-0.2, -0.15) is 0 Å². The highest BCUT2D eigenvalue weighted by Crippen LogP contribution is 2.21. The molecule has 1 unspecified atom stereocenters. The summed E-state index contributed by atoms with van der Waals surface area (Å²) in [5.41, 5.74) is 4.00. The van der Waals surface area contributed by atoms with Crippen LogP contribution in [0.4, 0.5) is 0 Å². The average Bonchev–Trinajstić information content (AvgIpc) is 2.33. The maximum atomic E-state index is 10.1. The minimum atomic E-state index is -0.638. The minimum absolute atomic E-state index is 0.638. The van der Waals surface area contributed by atoms with Crippen molar-refractivity contribution >= 4 is 0 Å². The van der Waals surface area contributed by atoms with E-state index in [1.54, 1.807) is 6.20 Å². The molecule has 0 radical (unpaired) electrons. The number of benzene rings is 1. The summed E-state index contributed by atoms with van der Waals surface area (Å²) in [6, 6.07) is 11.5. The van der Waals surface area contributed by atoms with Crippen LogP contribution in [0.3, 0.4) is 0 Å². The number of nitrogens with zero attached hydrogens (tertiary/aromatic N) is 1. The van der Waals surface area contributed by atoms with E-state index in [1.165, 1.54) is 11.1 Å². The molecule has 0 saturated heterocycles. The molecular formula is C14H15NO. The molecule has 1 atom stereocenters. The summed E-state index contributed by atoms with van der Waals surface area (Å²) in [5, 5.41) is 10.1. The molecule has 0 aliphatic heterocycles. The molecule has 0 bridgehead atoms. The topological polar surface area (TPSA) is 33.1 Å². The van der Waals surface area contributed by atoms with Crippen LogP contribution < -0.4 is 0 Å². The van der Waals surface area contributed by atoms with Crippen LogP contribution in [0.2, 0.25) is 0 Å². The van der Waals surface area contributed by atoms with Crippen LogP contribution in [0, 0.1) is 13.8 Å². The number of rotatable bonds is 2. The smallest absolute Gasteiger partial charge is 0.121 e. The molecule has 16 heavy (non-hydrogen) atoms. The van der Waals surface area contributed by atoms with Crippen LogP contribution in [-0.2, 0) is 0 Å². The van der Waals surface area contributed by atoms with E-state index in [2.05, 4.69) is 11.9 Å². The van der Waals surface area contributed by atoms with Gasteiger partial charge in [0.2, 0.25) is 0 Å². The number of aliphatic hydroxyl groups excluding tert-OH is 1. The normalized spacial score (nSPS) is 12.4. The predicted octanol–water partition coefficient (Wildman–Crippen LogP) is 2.78. The second-order valence-electron chi connectivity index (χ2n) is 4.00. The Morgan fingerprint density at radius 3 is 2.50 bits per heavy atom. The molecule has 0 aliphatic carbocycles. The number of hydrogen-bond acceptors (Lipinski definition) is 2. The average molecular weight is 213 g/mol. The third-order valence-electron chi connectivity index (χ3n) is 2.81. The molecule has 1 N–H and O–H groups in total. The minimum Gasteiger partial charge on any atom is -0.382 e. The van der Waals surface area contributed by atoms with Crippen molar-refractivity contribution in [3.8, 4) is 0 Å². The summed E-state index contributed by atoms with van der Waals surface area (Å²) in [7, 11) is 0. The highest BCUT2D eigenvalue weighted by Gasteiger charge is 2.11. The third kappa shape index (κ3) is 2.12. The van der Waals surface area contributed by atoms with E-state index in [1.807, 2.05) is 43.3 Å². The molecule has 1 heterocycles. The second-order valence-corrected chi connectivity index (χ2v) is 4.00. The molecule has 0 fully saturated rings. The standard InChI is InChI=1S/C14H15NO/c1-10-6-7-12(9-11(10)2)14(16)13-5-3-4-8-15-13/h3-9,14,16H,1-2H3. The monoisotopic (exact) mass is 213 g/mol. The highest BCUT2D eigenvalue weighted by molar-refractivity contribution is 5.34. The fraction of sp³-hybridized carbons (Fsp3) is 0.214. The van der Waals surface area contributed by atoms with Gasteiger partial charge in [0, 0.05) is 6.20 Å². The Morgan fingerprint density at radius 2 is 1.88 bits per heavy atom. The Bertz CT molecular complexity index is 479. The van der Waals surface area contributed by atoms with Gasteiger partial charge in [-0.15, -0.1) is 0 Å². The van der Waals surface area contributed by atoms with Gasteiger partial charge in [0.1, 0.15) is 6.10 Å². The lowest BCUT2D eigenvalue weighted by Gasteiger charge is -2.11. The van der Waals surface area contributed by atoms with E-state index in [-0.39, 0.29) is 0 Å². The zero-order valence-corrected chi connectivity index (χ0v) is 9.51. The summed E-state index contributed by atoms with van der Waals surface area (Å²) >= 11 is 0. The largest absolute Gasteiger partial charge is 0.382 e. The Kier molecular flexibility index (Phi) is 3.02. The lowest BCUT2D eigenvalue weighted by atomic mass is 10.0. The van der Waals surface area contributed by atoms with Gasteiger partial charge in [-0.05, 0) is 42.7 Å². The molecule has 82 valence electrons. The van der Waals surface area contributed by atoms with Crippen molar-refractivity contribution in [2.75, 3.05) is 0 Å². The fourth-order valence-electron chi connectivity index (χ4n) is 1.64. The van der Waals surface area contributed by atoms with E-state index in [9.17, 15) is 5.11 Å². The van der Waals surface area contributed by atoms with Gasteiger partial charge < -0.3 is 5.11 Å². The molecular weight excluding hydrogens is 198 g/mol. The molecule has 0 saturated carbocycles. The number of aryl methyl sites for hydroxylation is 2. The molecule has 2 rings (SSSR count). The van der Waals surface area contributed by atoms with Gasteiger partial charge in [0.05, 0.1) is 5.69 Å². The quantitative estimate of drug-likeness (QED) is 0.832. The Hall–Kier alpha value is -1.67. The first-order valence-corrected chi connectivity index (χ1v) is 5.34. The van der Waals surface area contributed by atoms with Gasteiger partial charge in [0.25, 0.3) is 0 Å². The van der Waals surface area contributed by atoms with Gasteiger partial charge in [-0.1, -0.05) is 24.3 Å². The molecule has 1 aromatic carbocycles. The Morgan fingerprint density at radius 1 is 1.06 bits per heavy atom. The Balaban J connectivity index is 2.34. The van der Waals surface area contributed by atoms with Crippen molar-refractivity contribution in [3.05, 3.63) is 65.0 Å². The van der Waals surface area contributed by atoms with Crippen molar-refractivity contribution in [1.29, 1.82) is 0 Å². The number of aromatic nitrogens is 1. The summed E-state index contributed by atoms with van der Waals surface area (Å²) in [5.74, 6) is 0. The van der Waals surface area contributed by atoms with E-state index < -0.39 is 6.10 Å². The van der Waals surface area contributed by atoms with Crippen molar-refractivity contribution in [1.82, 2.24) is 4.98 Å². The first-order chi connectivity index (χ1) is 7.68. The molecule has 0 spiro atoms. The maximum absolute atomic E-state index is 10.1. The first-order valence-electron chi connectivity index (χ1n) is 5.34. The highest BCUT2D eigenvalue weighted by atomic mass is 16.3. The lowest BCUT2D eigenvalue weighted by Crippen LogP contribution is -2.02. The molecule has 0 amide bonds. The lowest BCUT2D eigenvalue weighted by molar-refractivity contribution is 0.215. The van der Waals surface area contributed by atoms with E-state index in [0.717, 1.165) is 5.56 Å². The summed E-state index contributed by atoms with van der Waals surface area (Å²) in [6.07, 6.45) is 1.06. The molecule has 1 aromatic heterocycles. The molecule has 2 nitrogen and oxygen atoms in total. The van der Waals surface area contributed by atoms with Crippen LogP contribution in [0.25, 0.3) is 0 Å². The zero-order chi connectivity index (χ0) is 11.5. The SMILES string of the molecule is Cc1ccc(C(O)c2ccccn2)cc1C. The van der Waals surface area contributed by atoms with Crippen LogP contribution in [0.15, 0.2) is 42.6 Å². The van der Waals surface area contributed by atoms with Crippen molar-refractivity contribution < 1.29 is 5.11 Å². The van der Waals surface area contributed by atoms with Crippen molar-refractivity contribution in [2.45, 2.75) is 20.0 Å². The summed E-state index contributed by atoms with van der Waals surface area (Å²) in [4.78, 5) is 4.16. The Labute approximate surface area is 95.6 Å². The summed E-state index contributed by atoms with van der Waals surface area (Å²) in [6.45, 7) is 4.11. The van der Waals surface area contributed by atoms with Gasteiger partial charge in [0.15, 0.2) is 0 Å². The third-order valence-corrected chi connectivity index (χ3v) is 2.81. The van der Waals surface area contributed by atoms with Gasteiger partial charge in [-0.3, -0.25) is 4.98 Å². The number of aliphatic hydroxyl groups is 1. The van der Waals surface area contributed by atoms with Crippen LogP contribution in [0.5, 0.6) is 0 Å². The first kappa shape index (κ1) is 10.8. The predicted molar refractivity (Wildman–Crippen MR) is 64.2 cm³/mol. The van der Waals surface area contributed by atoms with Gasteiger partial charge >= 0.3 is 0 Å². The fourth-order valence-corrected chi connectivity index (χ4v) is 1.64. The molecule has 2 aromatic rings. The van der Waals surface area contributed by atoms with Gasteiger partial charge in [-0.25, -0.2) is 0 Å². The summed E-state index contributed by atoms with van der Waals surface area (Å²) < 4.78 is 0. The van der Waals surface area contributed by atoms with Crippen LogP contribution in [-0.4, -0.2) is 10.1 Å². The maximum Gasteiger partial charge on any atom is 0.121 e. The van der Waals surface area contributed by atoms with Crippen molar-refractivity contribution in [3.63, 3.8) is 0 Å². The van der Waals surface area contributed by atoms with Crippen molar-refractivity contribution in [2.24, 2.45) is 0 Å². The number of pyridine rings is 1. The second kappa shape index (κ2) is 4.45. The van der Waals surface area contributed by atoms with E-state index >= 15 is 0 Å². The number of hydrogen-bond donors (Lipinski definition) is 1. The van der Waals surface area contributed by atoms with E-state index in [0.29, 0.717) is 5.69 Å².